The fraction of sp³-hybridized carbons (Fsp3) is 0.0833. The first-order valence-electron chi connectivity index (χ1n) is 10.3. The van der Waals surface area contributed by atoms with Gasteiger partial charge < -0.3 is 16.0 Å². The molecule has 1 aliphatic heterocycles. The van der Waals surface area contributed by atoms with E-state index in [9.17, 15) is 14.4 Å². The van der Waals surface area contributed by atoms with Gasteiger partial charge in [0.25, 0.3) is 5.56 Å². The second-order valence-corrected chi connectivity index (χ2v) is 8.65. The molecule has 0 aliphatic carbocycles. The van der Waals surface area contributed by atoms with Crippen LogP contribution in [0.5, 0.6) is 0 Å². The number of H-pyrrole nitrogens is 1. The van der Waals surface area contributed by atoms with Crippen LogP contribution in [0, 0.1) is 0 Å². The number of hydrogen-bond donors (Lipinski definition) is 4. The molecule has 1 unspecified atom stereocenters. The summed E-state index contributed by atoms with van der Waals surface area (Å²) in [7, 11) is 0. The van der Waals surface area contributed by atoms with E-state index in [4.69, 9.17) is 23.2 Å². The summed E-state index contributed by atoms with van der Waals surface area (Å²) in [4.78, 5) is 45.5. The average molecular weight is 494 g/mol. The molecule has 0 saturated heterocycles. The van der Waals surface area contributed by atoms with Crippen molar-refractivity contribution < 1.29 is 9.59 Å². The van der Waals surface area contributed by atoms with E-state index in [-0.39, 0.29) is 23.8 Å². The molecular formula is C24H17Cl2N5O3. The topological polar surface area (TPSA) is 116 Å². The number of carbonyl (C=O) groups excluding carboxylic acids is 2. The summed E-state index contributed by atoms with van der Waals surface area (Å²) in [5.41, 5.74) is 0.634. The number of nitrogens with zero attached hydrogens (tertiary/aromatic N) is 1. The van der Waals surface area contributed by atoms with Gasteiger partial charge in [-0.05, 0) is 29.7 Å². The highest BCUT2D eigenvalue weighted by molar-refractivity contribution is 6.35. The van der Waals surface area contributed by atoms with E-state index in [0.717, 1.165) is 10.8 Å². The Morgan fingerprint density at radius 3 is 2.53 bits per heavy atom. The first kappa shape index (κ1) is 21.9. The second kappa shape index (κ2) is 8.81. The third-order valence-electron chi connectivity index (χ3n) is 5.44. The van der Waals surface area contributed by atoms with Gasteiger partial charge in [0.1, 0.15) is 5.82 Å². The van der Waals surface area contributed by atoms with Gasteiger partial charge in [-0.2, -0.15) is 4.98 Å². The Morgan fingerprint density at radius 2 is 1.74 bits per heavy atom. The number of amides is 2. The predicted octanol–water partition coefficient (Wildman–Crippen LogP) is 5.04. The lowest BCUT2D eigenvalue weighted by Crippen LogP contribution is -2.36. The van der Waals surface area contributed by atoms with Crippen LogP contribution in [0.2, 0.25) is 10.0 Å². The van der Waals surface area contributed by atoms with E-state index in [1.54, 1.807) is 24.3 Å². The molecule has 1 aliphatic rings. The van der Waals surface area contributed by atoms with E-state index in [1.165, 1.54) is 0 Å². The van der Waals surface area contributed by atoms with Crippen molar-refractivity contribution in [2.45, 2.75) is 12.3 Å². The molecule has 5 rings (SSSR count). The highest BCUT2D eigenvalue weighted by Gasteiger charge is 2.35. The van der Waals surface area contributed by atoms with Crippen molar-refractivity contribution in [2.75, 3.05) is 16.0 Å². The highest BCUT2D eigenvalue weighted by atomic mass is 35.5. The van der Waals surface area contributed by atoms with Crippen molar-refractivity contribution in [3.63, 3.8) is 0 Å². The summed E-state index contributed by atoms with van der Waals surface area (Å²) < 4.78 is 0. The number of fused-ring (bicyclic) bond motifs is 2. The number of aromatic amines is 1. The first-order chi connectivity index (χ1) is 16.4. The molecule has 4 N–H and O–H groups in total. The number of rotatable bonds is 4. The Morgan fingerprint density at radius 1 is 1.00 bits per heavy atom. The number of anilines is 4. The van der Waals surface area contributed by atoms with Crippen molar-refractivity contribution in [3.8, 4) is 0 Å². The molecule has 3 aromatic carbocycles. The zero-order chi connectivity index (χ0) is 23.8. The van der Waals surface area contributed by atoms with Gasteiger partial charge in [-0.1, -0.05) is 59.6 Å². The summed E-state index contributed by atoms with van der Waals surface area (Å²) in [6.07, 6.45) is -0.176. The van der Waals surface area contributed by atoms with Crippen LogP contribution in [0.25, 0.3) is 10.8 Å². The van der Waals surface area contributed by atoms with Crippen LogP contribution in [-0.4, -0.2) is 21.8 Å². The Hall–Kier alpha value is -3.88. The van der Waals surface area contributed by atoms with Crippen LogP contribution in [0.4, 0.5) is 23.1 Å². The summed E-state index contributed by atoms with van der Waals surface area (Å²) >= 11 is 12.0. The Bertz CT molecular complexity index is 1490. The second-order valence-electron chi connectivity index (χ2n) is 7.78. The van der Waals surface area contributed by atoms with Gasteiger partial charge >= 0.3 is 0 Å². The number of aromatic nitrogens is 2. The van der Waals surface area contributed by atoms with Gasteiger partial charge in [0.15, 0.2) is 0 Å². The Balaban J connectivity index is 1.47. The van der Waals surface area contributed by atoms with E-state index >= 15 is 0 Å². The standard InChI is InChI=1S/C24H17Cl2N5O3/c25-13-8-14(26)10-15(9-13)27-24-30-21-20(23(34)31-24)17(11-19(32)29-21)22(33)28-18-7-3-5-12-4-1-2-6-16(12)18/h1-10,17H,11H2,(H,28,33)(H3,27,29,30,31,32,34). The molecule has 0 fully saturated rings. The molecule has 2 heterocycles. The number of nitrogens with one attached hydrogen (secondary N) is 4. The zero-order valence-corrected chi connectivity index (χ0v) is 19.0. The van der Waals surface area contributed by atoms with Crippen LogP contribution < -0.4 is 21.5 Å². The van der Waals surface area contributed by atoms with Crippen molar-refractivity contribution in [2.24, 2.45) is 0 Å². The van der Waals surface area contributed by atoms with Gasteiger partial charge in [-0.25, -0.2) is 0 Å². The molecule has 10 heteroatoms. The quantitative estimate of drug-likeness (QED) is 0.317. The average Bonchev–Trinajstić information content (AvgIpc) is 2.77. The molecule has 170 valence electrons. The van der Waals surface area contributed by atoms with Crippen LogP contribution >= 0.6 is 23.2 Å². The van der Waals surface area contributed by atoms with E-state index in [1.807, 2.05) is 36.4 Å². The number of halogens is 2. The smallest absolute Gasteiger partial charge is 0.258 e. The molecule has 0 bridgehead atoms. The van der Waals surface area contributed by atoms with Crippen LogP contribution in [0.3, 0.4) is 0 Å². The van der Waals surface area contributed by atoms with Crippen LogP contribution in [-0.2, 0) is 9.59 Å². The van der Waals surface area contributed by atoms with Crippen molar-refractivity contribution in [3.05, 3.63) is 86.6 Å². The molecule has 0 saturated carbocycles. The monoisotopic (exact) mass is 493 g/mol. The lowest BCUT2D eigenvalue weighted by atomic mass is 9.92. The molecule has 2 amide bonds. The number of benzene rings is 3. The maximum atomic E-state index is 13.2. The lowest BCUT2D eigenvalue weighted by Gasteiger charge is -2.24. The van der Waals surface area contributed by atoms with Crippen molar-refractivity contribution in [1.82, 2.24) is 9.97 Å². The lowest BCUT2D eigenvalue weighted by molar-refractivity contribution is -0.123. The molecule has 0 radical (unpaired) electrons. The minimum Gasteiger partial charge on any atom is -0.326 e. The SMILES string of the molecule is O=C1CC(C(=O)Nc2cccc3ccccc23)c2c(nc(Nc3cc(Cl)cc(Cl)c3)[nH]c2=O)N1. The summed E-state index contributed by atoms with van der Waals surface area (Å²) in [6.45, 7) is 0. The van der Waals surface area contributed by atoms with E-state index in [0.29, 0.717) is 21.4 Å². The first-order valence-corrected chi connectivity index (χ1v) is 11.1. The third-order valence-corrected chi connectivity index (χ3v) is 5.88. The van der Waals surface area contributed by atoms with Crippen LogP contribution in [0.1, 0.15) is 17.9 Å². The fourth-order valence-corrected chi connectivity index (χ4v) is 4.50. The number of hydrogen-bond acceptors (Lipinski definition) is 5. The summed E-state index contributed by atoms with van der Waals surface area (Å²) in [5, 5.41) is 11.0. The minimum absolute atomic E-state index is 0.0219. The third kappa shape index (κ3) is 4.33. The molecule has 1 aromatic heterocycles. The normalized spacial score (nSPS) is 14.9. The van der Waals surface area contributed by atoms with Crippen LogP contribution in [0.15, 0.2) is 65.5 Å². The van der Waals surface area contributed by atoms with E-state index < -0.39 is 23.3 Å². The molecule has 8 nitrogen and oxygen atoms in total. The Kier molecular flexibility index (Phi) is 5.69. The summed E-state index contributed by atoms with van der Waals surface area (Å²) in [5.74, 6) is -1.80. The highest BCUT2D eigenvalue weighted by Crippen LogP contribution is 2.32. The van der Waals surface area contributed by atoms with Gasteiger partial charge in [-0.15, -0.1) is 0 Å². The van der Waals surface area contributed by atoms with Crippen molar-refractivity contribution in [1.29, 1.82) is 0 Å². The summed E-state index contributed by atoms with van der Waals surface area (Å²) in [6, 6.07) is 17.9. The number of carbonyl (C=O) groups is 2. The maximum Gasteiger partial charge on any atom is 0.258 e. The largest absolute Gasteiger partial charge is 0.326 e. The molecular weight excluding hydrogens is 477 g/mol. The molecule has 34 heavy (non-hydrogen) atoms. The van der Waals surface area contributed by atoms with E-state index in [2.05, 4.69) is 25.9 Å². The van der Waals surface area contributed by atoms with Gasteiger partial charge in [0.2, 0.25) is 17.8 Å². The molecule has 1 atom stereocenters. The maximum absolute atomic E-state index is 13.2. The Labute approximate surface area is 203 Å². The minimum atomic E-state index is -1.01. The fourth-order valence-electron chi connectivity index (χ4n) is 3.97. The van der Waals surface area contributed by atoms with Crippen molar-refractivity contribution >= 4 is 68.9 Å². The van der Waals surface area contributed by atoms with Gasteiger partial charge in [0.05, 0.1) is 11.5 Å². The molecule has 0 spiro atoms. The van der Waals surface area contributed by atoms with Gasteiger partial charge in [0, 0.05) is 33.2 Å². The predicted molar refractivity (Wildman–Crippen MR) is 133 cm³/mol. The molecule has 4 aromatic rings. The van der Waals surface area contributed by atoms with Gasteiger partial charge in [-0.3, -0.25) is 19.4 Å². The zero-order valence-electron chi connectivity index (χ0n) is 17.5.